The summed E-state index contributed by atoms with van der Waals surface area (Å²) in [6.45, 7) is 2.81. The zero-order valence-electron chi connectivity index (χ0n) is 11.6. The van der Waals surface area contributed by atoms with E-state index in [1.807, 2.05) is 18.2 Å². The molecular weight excluding hydrogens is 290 g/mol. The molecular formula is C15H16ClN3O2. The zero-order chi connectivity index (χ0) is 15.2. The van der Waals surface area contributed by atoms with Gasteiger partial charge < -0.3 is 5.32 Å². The van der Waals surface area contributed by atoms with Crippen molar-refractivity contribution in [2.75, 3.05) is 11.9 Å². The van der Waals surface area contributed by atoms with Crippen LogP contribution in [0, 0.1) is 10.1 Å². The van der Waals surface area contributed by atoms with E-state index in [4.69, 9.17) is 11.6 Å². The Morgan fingerprint density at radius 1 is 1.33 bits per heavy atom. The Balaban J connectivity index is 1.93. The van der Waals surface area contributed by atoms with Crippen molar-refractivity contribution in [3.05, 3.63) is 63.3 Å². The first kappa shape index (κ1) is 15.3. The molecule has 1 N–H and O–H groups in total. The number of rotatable bonds is 6. The quantitative estimate of drug-likeness (QED) is 0.492. The number of hydrogen-bond donors (Lipinski definition) is 1. The monoisotopic (exact) mass is 305 g/mol. The molecule has 21 heavy (non-hydrogen) atoms. The van der Waals surface area contributed by atoms with E-state index >= 15 is 0 Å². The van der Waals surface area contributed by atoms with Crippen LogP contribution in [0.2, 0.25) is 5.15 Å². The fourth-order valence-corrected chi connectivity index (χ4v) is 2.25. The molecule has 0 amide bonds. The van der Waals surface area contributed by atoms with Crippen LogP contribution in [0.15, 0.2) is 42.5 Å². The summed E-state index contributed by atoms with van der Waals surface area (Å²) in [5.74, 6) is 0.822. The van der Waals surface area contributed by atoms with Gasteiger partial charge in [-0.05, 0) is 17.9 Å². The molecule has 0 aliphatic carbocycles. The Morgan fingerprint density at radius 3 is 2.71 bits per heavy atom. The van der Waals surface area contributed by atoms with Gasteiger partial charge in [0, 0.05) is 6.54 Å². The maximum Gasteiger partial charge on any atom is 0.276 e. The van der Waals surface area contributed by atoms with Crippen LogP contribution in [0.4, 0.5) is 11.5 Å². The van der Waals surface area contributed by atoms with E-state index in [9.17, 15) is 10.1 Å². The second-order valence-corrected chi connectivity index (χ2v) is 5.20. The zero-order valence-corrected chi connectivity index (χ0v) is 12.4. The van der Waals surface area contributed by atoms with E-state index in [2.05, 4.69) is 29.4 Å². The molecule has 1 heterocycles. The Bertz CT molecular complexity index is 620. The second-order valence-electron chi connectivity index (χ2n) is 4.82. The summed E-state index contributed by atoms with van der Waals surface area (Å²) >= 11 is 5.78. The highest BCUT2D eigenvalue weighted by atomic mass is 35.5. The molecule has 1 atom stereocenters. The Hall–Kier alpha value is -2.14. The minimum absolute atomic E-state index is 0.0615. The molecule has 1 aromatic heterocycles. The number of nitrogens with zero attached hydrogens (tertiary/aromatic N) is 2. The number of hydrogen-bond acceptors (Lipinski definition) is 4. The van der Waals surface area contributed by atoms with Crippen molar-refractivity contribution in [1.29, 1.82) is 0 Å². The van der Waals surface area contributed by atoms with Gasteiger partial charge in [0.15, 0.2) is 0 Å². The molecule has 6 heteroatoms. The molecule has 1 unspecified atom stereocenters. The molecule has 0 radical (unpaired) electrons. The van der Waals surface area contributed by atoms with Crippen molar-refractivity contribution >= 4 is 23.1 Å². The summed E-state index contributed by atoms with van der Waals surface area (Å²) in [5.41, 5.74) is 1.21. The average molecular weight is 306 g/mol. The first-order chi connectivity index (χ1) is 10.1. The third-order valence-corrected chi connectivity index (χ3v) is 3.44. The van der Waals surface area contributed by atoms with Gasteiger partial charge in [-0.15, -0.1) is 0 Å². The lowest BCUT2D eigenvalue weighted by Gasteiger charge is -2.12. The molecule has 1 aromatic carbocycles. The molecule has 0 saturated carbocycles. The highest BCUT2D eigenvalue weighted by Crippen LogP contribution is 2.22. The number of anilines is 1. The van der Waals surface area contributed by atoms with Crippen LogP contribution < -0.4 is 5.32 Å². The predicted octanol–water partition coefficient (Wildman–Crippen LogP) is 4.25. The summed E-state index contributed by atoms with van der Waals surface area (Å²) in [5, 5.41) is 14.0. The average Bonchev–Trinajstić information content (AvgIpc) is 2.47. The normalized spacial score (nSPS) is 11.9. The Morgan fingerprint density at radius 2 is 2.05 bits per heavy atom. The first-order valence-electron chi connectivity index (χ1n) is 6.67. The SMILES string of the molecule is CC(CCNc1cc([N+](=O)[O-])cc(Cl)n1)c1ccccc1. The molecule has 5 nitrogen and oxygen atoms in total. The van der Waals surface area contributed by atoms with Crippen molar-refractivity contribution in [2.45, 2.75) is 19.3 Å². The summed E-state index contributed by atoms with van der Waals surface area (Å²) in [6, 6.07) is 12.8. The van der Waals surface area contributed by atoms with Crippen molar-refractivity contribution in [2.24, 2.45) is 0 Å². The molecule has 0 aliphatic heterocycles. The maximum absolute atomic E-state index is 10.8. The van der Waals surface area contributed by atoms with Crippen molar-refractivity contribution in [3.8, 4) is 0 Å². The number of aromatic nitrogens is 1. The van der Waals surface area contributed by atoms with Crippen LogP contribution in [-0.4, -0.2) is 16.5 Å². The van der Waals surface area contributed by atoms with E-state index in [1.54, 1.807) is 0 Å². The second kappa shape index (κ2) is 7.04. The van der Waals surface area contributed by atoms with Crippen molar-refractivity contribution in [3.63, 3.8) is 0 Å². The number of nitrogens with one attached hydrogen (secondary N) is 1. The smallest absolute Gasteiger partial charge is 0.276 e. The fraction of sp³-hybridized carbons (Fsp3) is 0.267. The largest absolute Gasteiger partial charge is 0.370 e. The summed E-state index contributed by atoms with van der Waals surface area (Å²) in [6.07, 6.45) is 0.895. The number of nitro groups is 1. The molecule has 0 aliphatic rings. The lowest BCUT2D eigenvalue weighted by atomic mass is 9.98. The van der Waals surface area contributed by atoms with Gasteiger partial charge in [-0.2, -0.15) is 0 Å². The Kier molecular flexibility index (Phi) is 5.11. The van der Waals surface area contributed by atoms with Crippen LogP contribution in [-0.2, 0) is 0 Å². The number of benzene rings is 1. The minimum Gasteiger partial charge on any atom is -0.370 e. The van der Waals surface area contributed by atoms with Gasteiger partial charge in [0.25, 0.3) is 5.69 Å². The van der Waals surface area contributed by atoms with Gasteiger partial charge in [0.2, 0.25) is 0 Å². The van der Waals surface area contributed by atoms with Crippen LogP contribution in [0.3, 0.4) is 0 Å². The van der Waals surface area contributed by atoms with E-state index in [0.29, 0.717) is 18.3 Å². The highest BCUT2D eigenvalue weighted by molar-refractivity contribution is 6.29. The van der Waals surface area contributed by atoms with Crippen LogP contribution >= 0.6 is 11.6 Å². The van der Waals surface area contributed by atoms with E-state index in [-0.39, 0.29) is 10.8 Å². The van der Waals surface area contributed by atoms with E-state index < -0.39 is 4.92 Å². The van der Waals surface area contributed by atoms with Gasteiger partial charge in [-0.25, -0.2) is 4.98 Å². The number of pyridine rings is 1. The molecule has 0 fully saturated rings. The van der Waals surface area contributed by atoms with Gasteiger partial charge in [-0.1, -0.05) is 48.9 Å². The molecule has 2 aromatic rings. The van der Waals surface area contributed by atoms with Crippen molar-refractivity contribution in [1.82, 2.24) is 4.98 Å². The fourth-order valence-electron chi connectivity index (χ4n) is 2.04. The van der Waals surface area contributed by atoms with E-state index in [1.165, 1.54) is 17.7 Å². The minimum atomic E-state index is -0.481. The van der Waals surface area contributed by atoms with Gasteiger partial charge in [0.1, 0.15) is 11.0 Å². The third kappa shape index (κ3) is 4.43. The van der Waals surface area contributed by atoms with Gasteiger partial charge in [-0.3, -0.25) is 10.1 Å². The summed E-state index contributed by atoms with van der Waals surface area (Å²) < 4.78 is 0. The van der Waals surface area contributed by atoms with Crippen LogP contribution in [0.25, 0.3) is 0 Å². The standard InChI is InChI=1S/C15H16ClN3O2/c1-11(12-5-3-2-4-6-12)7-8-17-15-10-13(19(20)21)9-14(16)18-15/h2-6,9-11H,7-8H2,1H3,(H,17,18). The van der Waals surface area contributed by atoms with Gasteiger partial charge in [0.05, 0.1) is 17.1 Å². The molecule has 0 saturated heterocycles. The van der Waals surface area contributed by atoms with Crippen molar-refractivity contribution < 1.29 is 4.92 Å². The van der Waals surface area contributed by atoms with Crippen LogP contribution in [0.5, 0.6) is 0 Å². The summed E-state index contributed by atoms with van der Waals surface area (Å²) in [7, 11) is 0. The number of halogens is 1. The lowest BCUT2D eigenvalue weighted by molar-refractivity contribution is -0.384. The molecule has 0 spiro atoms. The molecule has 0 bridgehead atoms. The third-order valence-electron chi connectivity index (χ3n) is 3.24. The first-order valence-corrected chi connectivity index (χ1v) is 7.05. The maximum atomic E-state index is 10.8. The van der Waals surface area contributed by atoms with Gasteiger partial charge >= 0.3 is 0 Å². The van der Waals surface area contributed by atoms with Crippen LogP contribution in [0.1, 0.15) is 24.8 Å². The topological polar surface area (TPSA) is 68.1 Å². The highest BCUT2D eigenvalue weighted by Gasteiger charge is 2.10. The molecule has 110 valence electrons. The Labute approximate surface area is 128 Å². The predicted molar refractivity (Wildman–Crippen MR) is 83.9 cm³/mol. The lowest BCUT2D eigenvalue weighted by Crippen LogP contribution is -2.07. The van der Waals surface area contributed by atoms with E-state index in [0.717, 1.165) is 6.42 Å². The molecule has 2 rings (SSSR count). The summed E-state index contributed by atoms with van der Waals surface area (Å²) in [4.78, 5) is 14.3.